The van der Waals surface area contributed by atoms with Gasteiger partial charge in [0.25, 0.3) is 0 Å². The molecule has 3 fully saturated rings. The number of rotatable bonds is 5. The van der Waals surface area contributed by atoms with Crippen LogP contribution in [-0.2, 0) is 19.1 Å². The van der Waals surface area contributed by atoms with E-state index < -0.39 is 40.1 Å². The molecule has 0 heterocycles. The second kappa shape index (κ2) is 8.30. The van der Waals surface area contributed by atoms with Gasteiger partial charge in [0.1, 0.15) is 0 Å². The fourth-order valence-corrected chi connectivity index (χ4v) is 8.33. The summed E-state index contributed by atoms with van der Waals surface area (Å²) in [4.78, 5) is 38.1. The number of esters is 1. The fraction of sp³-hybridized carbons (Fsp3) is 0.731. The third kappa shape index (κ3) is 3.23. The Morgan fingerprint density at radius 2 is 2.03 bits per heavy atom. The van der Waals surface area contributed by atoms with Crippen molar-refractivity contribution in [3.63, 3.8) is 0 Å². The molecule has 4 rings (SSSR count). The standard InChI is InChI=1S/C26H34ClFO5/c1-5-6-21(32)33-26(20(31)13-27)14(2)11-17-15-7-8-16-23(28)18(29)9-10-24(16,3)22(15)19(30)12-25(17,26)4/h9-10,14-15,17,19,22,30H,5-8,11-13H2,1-4H3/t14-,15-,17-,19-,22+,24-,25-,26-/m0/s1. The number of aliphatic hydroxyl groups excluding tert-OH is 1. The van der Waals surface area contributed by atoms with Crippen LogP contribution >= 0.6 is 11.6 Å². The van der Waals surface area contributed by atoms with Crippen LogP contribution in [0.5, 0.6) is 0 Å². The predicted molar refractivity (Wildman–Crippen MR) is 122 cm³/mol. The van der Waals surface area contributed by atoms with Crippen molar-refractivity contribution in [2.75, 3.05) is 5.88 Å². The van der Waals surface area contributed by atoms with Crippen LogP contribution in [0.4, 0.5) is 4.39 Å². The van der Waals surface area contributed by atoms with E-state index >= 15 is 0 Å². The minimum Gasteiger partial charge on any atom is -0.450 e. The van der Waals surface area contributed by atoms with Crippen molar-refractivity contribution in [1.82, 2.24) is 0 Å². The lowest BCUT2D eigenvalue weighted by molar-refractivity contribution is -0.203. The monoisotopic (exact) mass is 480 g/mol. The third-order valence-corrected chi connectivity index (χ3v) is 9.63. The number of fused-ring (bicyclic) bond motifs is 5. The first kappa shape index (κ1) is 24.6. The van der Waals surface area contributed by atoms with E-state index in [1.807, 2.05) is 27.7 Å². The molecule has 0 aliphatic heterocycles. The summed E-state index contributed by atoms with van der Waals surface area (Å²) in [5.41, 5.74) is -2.46. The van der Waals surface area contributed by atoms with Gasteiger partial charge in [0.15, 0.2) is 17.2 Å². The lowest BCUT2D eigenvalue weighted by atomic mass is 9.46. The number of carbonyl (C=O) groups is 3. The van der Waals surface area contributed by atoms with E-state index in [-0.39, 0.29) is 48.2 Å². The van der Waals surface area contributed by atoms with E-state index in [9.17, 15) is 23.9 Å². The van der Waals surface area contributed by atoms with Crippen molar-refractivity contribution in [2.24, 2.45) is 34.5 Å². The molecule has 1 N–H and O–H groups in total. The van der Waals surface area contributed by atoms with Gasteiger partial charge in [-0.15, -0.1) is 11.6 Å². The number of carbonyl (C=O) groups excluding carboxylic acids is 3. The lowest BCUT2D eigenvalue weighted by Gasteiger charge is -2.60. The lowest BCUT2D eigenvalue weighted by Crippen LogP contribution is -2.64. The number of ketones is 2. The molecular weight excluding hydrogens is 447 g/mol. The molecule has 7 heteroatoms. The molecule has 0 radical (unpaired) electrons. The van der Waals surface area contributed by atoms with E-state index in [2.05, 4.69) is 0 Å². The molecule has 182 valence electrons. The summed E-state index contributed by atoms with van der Waals surface area (Å²) in [6.45, 7) is 7.68. The summed E-state index contributed by atoms with van der Waals surface area (Å²) >= 11 is 6.07. The number of ether oxygens (including phenoxy) is 1. The molecule has 0 saturated heterocycles. The molecule has 4 aliphatic rings. The van der Waals surface area contributed by atoms with Crippen molar-refractivity contribution in [3.8, 4) is 0 Å². The highest BCUT2D eigenvalue weighted by Gasteiger charge is 2.72. The van der Waals surface area contributed by atoms with Crippen molar-refractivity contribution < 1.29 is 28.6 Å². The molecule has 5 nitrogen and oxygen atoms in total. The minimum absolute atomic E-state index is 0.00419. The van der Waals surface area contributed by atoms with Crippen LogP contribution in [0.2, 0.25) is 0 Å². The molecular formula is C26H34ClFO5. The van der Waals surface area contributed by atoms with Crippen molar-refractivity contribution in [1.29, 1.82) is 0 Å². The van der Waals surface area contributed by atoms with Gasteiger partial charge in [0, 0.05) is 29.1 Å². The Balaban J connectivity index is 1.79. The summed E-state index contributed by atoms with van der Waals surface area (Å²) in [6, 6.07) is 0. The quantitative estimate of drug-likeness (QED) is 0.455. The van der Waals surface area contributed by atoms with E-state index in [4.69, 9.17) is 16.3 Å². The summed E-state index contributed by atoms with van der Waals surface area (Å²) in [7, 11) is 0. The molecule has 0 aromatic heterocycles. The van der Waals surface area contributed by atoms with E-state index in [0.29, 0.717) is 31.3 Å². The van der Waals surface area contributed by atoms with Gasteiger partial charge in [-0.2, -0.15) is 0 Å². The Hall–Kier alpha value is -1.53. The first-order valence-electron chi connectivity index (χ1n) is 12.1. The van der Waals surface area contributed by atoms with Gasteiger partial charge in [-0.05, 0) is 55.6 Å². The van der Waals surface area contributed by atoms with Gasteiger partial charge in [0.2, 0.25) is 5.78 Å². The largest absolute Gasteiger partial charge is 0.450 e. The predicted octanol–water partition coefficient (Wildman–Crippen LogP) is 4.70. The molecule has 0 bridgehead atoms. The van der Waals surface area contributed by atoms with Gasteiger partial charge in [0.05, 0.1) is 12.0 Å². The highest BCUT2D eigenvalue weighted by Crippen LogP contribution is 2.69. The number of hydrogen-bond acceptors (Lipinski definition) is 5. The van der Waals surface area contributed by atoms with Gasteiger partial charge >= 0.3 is 5.97 Å². The molecule has 3 saturated carbocycles. The number of hydrogen-bond donors (Lipinski definition) is 1. The average Bonchev–Trinajstić information content (AvgIpc) is 2.97. The molecule has 4 aliphatic carbocycles. The second-order valence-electron chi connectivity index (χ2n) is 10.9. The number of halogens is 2. The van der Waals surface area contributed by atoms with Gasteiger partial charge in [-0.25, -0.2) is 4.39 Å². The highest BCUT2D eigenvalue weighted by molar-refractivity contribution is 6.29. The van der Waals surface area contributed by atoms with Crippen molar-refractivity contribution in [2.45, 2.75) is 77.9 Å². The van der Waals surface area contributed by atoms with Crippen LogP contribution in [0.25, 0.3) is 0 Å². The Kier molecular flexibility index (Phi) is 6.18. The summed E-state index contributed by atoms with van der Waals surface area (Å²) < 4.78 is 20.9. The van der Waals surface area contributed by atoms with E-state index in [1.165, 1.54) is 6.08 Å². The second-order valence-corrected chi connectivity index (χ2v) is 11.2. The molecule has 33 heavy (non-hydrogen) atoms. The zero-order chi connectivity index (χ0) is 24.3. The topological polar surface area (TPSA) is 80.7 Å². The molecule has 0 unspecified atom stereocenters. The maximum Gasteiger partial charge on any atom is 0.306 e. The van der Waals surface area contributed by atoms with Gasteiger partial charge < -0.3 is 9.84 Å². The normalized spacial score (nSPS) is 44.2. The molecule has 8 atom stereocenters. The van der Waals surface area contributed by atoms with Crippen LogP contribution < -0.4 is 0 Å². The Bertz CT molecular complexity index is 943. The number of alkyl halides is 1. The number of aliphatic hydroxyl groups is 1. The van der Waals surface area contributed by atoms with Crippen LogP contribution in [0.1, 0.15) is 66.2 Å². The fourth-order valence-electron chi connectivity index (χ4n) is 8.13. The maximum absolute atomic E-state index is 14.8. The molecule has 0 amide bonds. The van der Waals surface area contributed by atoms with Gasteiger partial charge in [-0.3, -0.25) is 14.4 Å². The van der Waals surface area contributed by atoms with Gasteiger partial charge in [-0.1, -0.05) is 33.8 Å². The third-order valence-electron chi connectivity index (χ3n) is 9.39. The van der Waals surface area contributed by atoms with Crippen molar-refractivity contribution in [3.05, 3.63) is 23.6 Å². The molecule has 0 aromatic carbocycles. The Morgan fingerprint density at radius 1 is 1.33 bits per heavy atom. The first-order chi connectivity index (χ1) is 15.5. The number of allylic oxidation sites excluding steroid dienone is 4. The zero-order valence-corrected chi connectivity index (χ0v) is 20.6. The SMILES string of the molecule is CCCC(=O)O[C@]1(C(=O)CCl)[C@@H](C)C[C@H]2[C@@H]3CCC4=C(F)C(=O)C=C[C@]4(C)[C@H]3[C@@H](O)C[C@@]21C. The first-order valence-corrected chi connectivity index (χ1v) is 12.6. The van der Waals surface area contributed by atoms with E-state index in [0.717, 1.165) is 0 Å². The average molecular weight is 481 g/mol. The van der Waals surface area contributed by atoms with Crippen LogP contribution in [0.3, 0.4) is 0 Å². The van der Waals surface area contributed by atoms with E-state index in [1.54, 1.807) is 6.08 Å². The zero-order valence-electron chi connectivity index (χ0n) is 19.8. The Labute approximate surface area is 199 Å². The molecule has 0 aromatic rings. The number of Topliss-reactive ketones (excluding diaryl/α,β-unsaturated/α-hetero) is 1. The van der Waals surface area contributed by atoms with Crippen LogP contribution in [-0.4, -0.2) is 40.2 Å². The van der Waals surface area contributed by atoms with Crippen LogP contribution in [0.15, 0.2) is 23.6 Å². The highest BCUT2D eigenvalue weighted by atomic mass is 35.5. The Morgan fingerprint density at radius 3 is 2.67 bits per heavy atom. The smallest absolute Gasteiger partial charge is 0.306 e. The van der Waals surface area contributed by atoms with Crippen LogP contribution in [0, 0.1) is 34.5 Å². The maximum atomic E-state index is 14.8. The molecule has 0 spiro atoms. The summed E-state index contributed by atoms with van der Waals surface area (Å²) in [5.74, 6) is -2.85. The summed E-state index contributed by atoms with van der Waals surface area (Å²) in [5, 5.41) is 11.5. The summed E-state index contributed by atoms with van der Waals surface area (Å²) in [6.07, 6.45) is 4.96. The van der Waals surface area contributed by atoms with Crippen molar-refractivity contribution >= 4 is 29.1 Å². The minimum atomic E-state index is -1.39.